The summed E-state index contributed by atoms with van der Waals surface area (Å²) in [6, 6.07) is 5.84. The van der Waals surface area contributed by atoms with E-state index in [2.05, 4.69) is 4.90 Å². The van der Waals surface area contributed by atoms with E-state index < -0.39 is 22.0 Å². The monoisotopic (exact) mass is 477 g/mol. The van der Waals surface area contributed by atoms with Gasteiger partial charge in [-0.05, 0) is 74.9 Å². The van der Waals surface area contributed by atoms with Gasteiger partial charge in [0, 0.05) is 13.1 Å². The van der Waals surface area contributed by atoms with Crippen molar-refractivity contribution < 1.29 is 27.5 Å². The molecule has 3 aliphatic rings. The van der Waals surface area contributed by atoms with Gasteiger partial charge in [-0.2, -0.15) is 0 Å². The predicted octanol–water partition coefficient (Wildman–Crippen LogP) is 1.49. The lowest BCUT2D eigenvalue weighted by atomic mass is 9.79. The Kier molecular flexibility index (Phi) is 6.88. The fraction of sp³-hybridized carbons (Fsp3) is 0.609. The maximum atomic E-state index is 13.1. The molecule has 4 rings (SSSR count). The number of hydrogen-bond donors (Lipinski definition) is 0. The Hall–Kier alpha value is -2.30. The number of anilines is 1. The van der Waals surface area contributed by atoms with Gasteiger partial charge in [-0.25, -0.2) is 22.4 Å². The molecule has 3 saturated heterocycles. The van der Waals surface area contributed by atoms with Crippen LogP contribution in [0.2, 0.25) is 0 Å². The first-order valence-corrected chi connectivity index (χ1v) is 13.3. The van der Waals surface area contributed by atoms with E-state index in [4.69, 9.17) is 4.74 Å². The molecule has 0 spiro atoms. The van der Waals surface area contributed by atoms with E-state index in [1.54, 1.807) is 28.6 Å². The maximum Gasteiger partial charge on any atom is 0.337 e. The minimum absolute atomic E-state index is 0.162. The lowest BCUT2D eigenvalue weighted by molar-refractivity contribution is -0.123. The molecule has 180 valence electrons. The molecule has 1 aromatic carbocycles. The van der Waals surface area contributed by atoms with Crippen LogP contribution in [0.25, 0.3) is 0 Å². The van der Waals surface area contributed by atoms with E-state index in [0.29, 0.717) is 36.2 Å². The summed E-state index contributed by atoms with van der Waals surface area (Å²) >= 11 is 0. The standard InChI is InChI=1S/C23H31N3O6S/c1-32-23(29)18-3-5-19(6-4-18)26-21(27)15-20(22(26)28)24-11-7-16(8-12-24)17-9-13-25(14-10-17)33(2,30)31/h3-6,16-17,20H,7-15H2,1-2H3/t20-/m0/s1. The molecular weight excluding hydrogens is 446 g/mol. The van der Waals surface area contributed by atoms with Gasteiger partial charge < -0.3 is 4.74 Å². The highest BCUT2D eigenvalue weighted by Crippen LogP contribution is 2.35. The molecule has 33 heavy (non-hydrogen) atoms. The molecule has 0 aliphatic carbocycles. The fourth-order valence-electron chi connectivity index (χ4n) is 5.42. The number of hydrogen-bond acceptors (Lipinski definition) is 7. The molecular formula is C23H31N3O6S. The average molecular weight is 478 g/mol. The number of carbonyl (C=O) groups excluding carboxylic acids is 3. The second kappa shape index (κ2) is 9.52. The van der Waals surface area contributed by atoms with Gasteiger partial charge in [0.05, 0.1) is 37.1 Å². The Morgan fingerprint density at radius 3 is 2.00 bits per heavy atom. The molecule has 2 amide bonds. The molecule has 1 atom stereocenters. The summed E-state index contributed by atoms with van der Waals surface area (Å²) in [6.07, 6.45) is 5.10. The largest absolute Gasteiger partial charge is 0.465 e. The number of ether oxygens (including phenoxy) is 1. The predicted molar refractivity (Wildman–Crippen MR) is 122 cm³/mol. The zero-order chi connectivity index (χ0) is 23.8. The summed E-state index contributed by atoms with van der Waals surface area (Å²) in [5.41, 5.74) is 0.828. The SMILES string of the molecule is COC(=O)c1ccc(N2C(=O)C[C@H](N3CCC(C4CCN(S(C)(=O)=O)CC4)CC3)C2=O)cc1. The number of esters is 1. The van der Waals surface area contributed by atoms with Crippen molar-refractivity contribution in [1.82, 2.24) is 9.21 Å². The number of amides is 2. The molecule has 0 saturated carbocycles. The number of nitrogens with zero attached hydrogens (tertiary/aromatic N) is 3. The molecule has 3 fully saturated rings. The van der Waals surface area contributed by atoms with Crippen molar-refractivity contribution in [3.8, 4) is 0 Å². The number of methoxy groups -OCH3 is 1. The summed E-state index contributed by atoms with van der Waals surface area (Å²) in [5, 5.41) is 0. The Morgan fingerprint density at radius 1 is 0.939 bits per heavy atom. The number of carbonyl (C=O) groups is 3. The molecule has 1 aromatic rings. The third kappa shape index (κ3) is 4.97. The van der Waals surface area contributed by atoms with Crippen molar-refractivity contribution >= 4 is 33.5 Å². The summed E-state index contributed by atoms with van der Waals surface area (Å²) in [4.78, 5) is 40.7. The van der Waals surface area contributed by atoms with Crippen molar-refractivity contribution in [3.63, 3.8) is 0 Å². The molecule has 10 heteroatoms. The van der Waals surface area contributed by atoms with E-state index in [1.165, 1.54) is 18.3 Å². The van der Waals surface area contributed by atoms with Crippen LogP contribution in [0.15, 0.2) is 24.3 Å². The highest BCUT2D eigenvalue weighted by Gasteiger charge is 2.44. The van der Waals surface area contributed by atoms with Crippen molar-refractivity contribution in [2.45, 2.75) is 38.1 Å². The Bertz CT molecular complexity index is 1010. The van der Waals surface area contributed by atoms with Crippen molar-refractivity contribution in [1.29, 1.82) is 0 Å². The Labute approximate surface area is 194 Å². The molecule has 0 unspecified atom stereocenters. The lowest BCUT2D eigenvalue weighted by Crippen LogP contribution is -2.47. The Balaban J connectivity index is 1.33. The molecule has 0 radical (unpaired) electrons. The van der Waals surface area contributed by atoms with Gasteiger partial charge in [0.15, 0.2) is 0 Å². The van der Waals surface area contributed by atoms with Crippen LogP contribution in [0.3, 0.4) is 0 Å². The summed E-state index contributed by atoms with van der Waals surface area (Å²) < 4.78 is 29.7. The van der Waals surface area contributed by atoms with Crippen LogP contribution < -0.4 is 4.90 Å². The van der Waals surface area contributed by atoms with E-state index in [-0.39, 0.29) is 18.2 Å². The quantitative estimate of drug-likeness (QED) is 0.467. The smallest absolute Gasteiger partial charge is 0.337 e. The molecule has 9 nitrogen and oxygen atoms in total. The second-order valence-electron chi connectivity index (χ2n) is 9.20. The highest BCUT2D eigenvalue weighted by molar-refractivity contribution is 7.88. The first kappa shape index (κ1) is 23.8. The van der Waals surface area contributed by atoms with Crippen LogP contribution >= 0.6 is 0 Å². The van der Waals surface area contributed by atoms with Gasteiger partial charge in [-0.1, -0.05) is 0 Å². The minimum Gasteiger partial charge on any atom is -0.465 e. The van der Waals surface area contributed by atoms with Gasteiger partial charge in [0.1, 0.15) is 0 Å². The van der Waals surface area contributed by atoms with Crippen LogP contribution in [0, 0.1) is 11.8 Å². The third-order valence-corrected chi connectivity index (χ3v) is 8.62. The zero-order valence-electron chi connectivity index (χ0n) is 19.1. The van der Waals surface area contributed by atoms with E-state index in [9.17, 15) is 22.8 Å². The normalized spacial score (nSPS) is 24.4. The van der Waals surface area contributed by atoms with Gasteiger partial charge in [-0.15, -0.1) is 0 Å². The summed E-state index contributed by atoms with van der Waals surface area (Å²) in [7, 11) is -1.82. The number of likely N-dealkylation sites (tertiary alicyclic amines) is 1. The van der Waals surface area contributed by atoms with Crippen molar-refractivity contribution in [2.75, 3.05) is 44.4 Å². The fourth-order valence-corrected chi connectivity index (χ4v) is 6.29. The van der Waals surface area contributed by atoms with Crippen molar-refractivity contribution in [2.24, 2.45) is 11.8 Å². The molecule has 3 aliphatic heterocycles. The topological polar surface area (TPSA) is 104 Å². The van der Waals surface area contributed by atoms with Crippen LogP contribution in [-0.2, 0) is 24.3 Å². The maximum absolute atomic E-state index is 13.1. The zero-order valence-corrected chi connectivity index (χ0v) is 19.9. The Morgan fingerprint density at radius 2 is 1.48 bits per heavy atom. The minimum atomic E-state index is -3.12. The van der Waals surface area contributed by atoms with Crippen LogP contribution in [0.5, 0.6) is 0 Å². The van der Waals surface area contributed by atoms with Crippen LogP contribution in [-0.4, -0.2) is 81.0 Å². The number of rotatable bonds is 5. The number of sulfonamides is 1. The summed E-state index contributed by atoms with van der Waals surface area (Å²) in [6.45, 7) is 2.69. The highest BCUT2D eigenvalue weighted by atomic mass is 32.2. The molecule has 3 heterocycles. The third-order valence-electron chi connectivity index (χ3n) is 7.32. The summed E-state index contributed by atoms with van der Waals surface area (Å²) in [5.74, 6) is 0.119. The van der Waals surface area contributed by atoms with E-state index >= 15 is 0 Å². The van der Waals surface area contributed by atoms with Gasteiger partial charge >= 0.3 is 5.97 Å². The van der Waals surface area contributed by atoms with Gasteiger partial charge in [-0.3, -0.25) is 14.5 Å². The van der Waals surface area contributed by atoms with Crippen molar-refractivity contribution in [3.05, 3.63) is 29.8 Å². The first-order chi connectivity index (χ1) is 15.7. The lowest BCUT2D eigenvalue weighted by Gasteiger charge is -2.40. The molecule has 0 N–H and O–H groups in total. The average Bonchev–Trinajstić information content (AvgIpc) is 3.12. The van der Waals surface area contributed by atoms with Gasteiger partial charge in [0.25, 0.3) is 5.91 Å². The molecule has 0 aromatic heterocycles. The van der Waals surface area contributed by atoms with Crippen LogP contribution in [0.4, 0.5) is 5.69 Å². The second-order valence-corrected chi connectivity index (χ2v) is 11.2. The molecule has 0 bridgehead atoms. The first-order valence-electron chi connectivity index (χ1n) is 11.4. The van der Waals surface area contributed by atoms with E-state index in [1.807, 2.05) is 0 Å². The van der Waals surface area contributed by atoms with Crippen LogP contribution in [0.1, 0.15) is 42.5 Å². The van der Waals surface area contributed by atoms with E-state index in [0.717, 1.165) is 38.8 Å². The number of piperidine rings is 2. The number of benzene rings is 1. The van der Waals surface area contributed by atoms with Gasteiger partial charge in [0.2, 0.25) is 15.9 Å². The number of imide groups is 1.